The molecule has 2 rings (SSSR count). The number of hydrogen-bond acceptors (Lipinski definition) is 5. The average molecular weight is 286 g/mol. The number of hydrogen-bond donors (Lipinski definition) is 3. The Kier molecular flexibility index (Phi) is 5.66. The first-order valence-electron chi connectivity index (χ1n) is 7.16. The first-order valence-corrected chi connectivity index (χ1v) is 7.16. The molecule has 0 saturated heterocycles. The zero-order chi connectivity index (χ0) is 15.1. The van der Waals surface area contributed by atoms with Crippen LogP contribution in [0.4, 0.5) is 5.95 Å². The molecule has 0 aliphatic carbocycles. The Morgan fingerprint density at radius 3 is 2.38 bits per heavy atom. The zero-order valence-electron chi connectivity index (χ0n) is 12.5. The third-order valence-electron chi connectivity index (χ3n) is 2.97. The van der Waals surface area contributed by atoms with E-state index in [9.17, 15) is 5.11 Å². The van der Waals surface area contributed by atoms with Crippen LogP contribution in [0.2, 0.25) is 0 Å². The monoisotopic (exact) mass is 286 g/mol. The molecule has 21 heavy (non-hydrogen) atoms. The topological polar surface area (TPSA) is 70.1 Å². The van der Waals surface area contributed by atoms with Crippen molar-refractivity contribution < 1.29 is 5.11 Å². The molecular formula is C16H22N4O. The second kappa shape index (κ2) is 7.71. The zero-order valence-corrected chi connectivity index (χ0v) is 12.5. The second-order valence-corrected chi connectivity index (χ2v) is 5.27. The Bertz CT molecular complexity index is 528. The highest BCUT2D eigenvalue weighted by molar-refractivity contribution is 5.25. The van der Waals surface area contributed by atoms with E-state index in [-0.39, 0.29) is 0 Å². The number of nitrogens with zero attached hydrogens (tertiary/aromatic N) is 2. The van der Waals surface area contributed by atoms with Crippen LogP contribution in [0.3, 0.4) is 0 Å². The molecule has 112 valence electrons. The van der Waals surface area contributed by atoms with Crippen molar-refractivity contribution in [2.75, 3.05) is 11.9 Å². The molecule has 0 amide bonds. The molecule has 2 aromatic rings. The summed E-state index contributed by atoms with van der Waals surface area (Å²) in [5.41, 5.74) is 1.90. The molecule has 0 aliphatic rings. The number of rotatable bonds is 7. The number of aliphatic hydroxyl groups excluding tert-OH is 1. The van der Waals surface area contributed by atoms with Crippen LogP contribution in [-0.2, 0) is 6.54 Å². The number of nitrogens with one attached hydrogen (secondary N) is 2. The summed E-state index contributed by atoms with van der Waals surface area (Å²) in [4.78, 5) is 8.50. The van der Waals surface area contributed by atoms with E-state index in [2.05, 4.69) is 20.6 Å². The van der Waals surface area contributed by atoms with E-state index < -0.39 is 6.10 Å². The Morgan fingerprint density at radius 1 is 1.10 bits per heavy atom. The molecule has 0 fully saturated rings. The SMILES string of the molecule is CC(C)Nc1ncc(CNC[C@H](O)c2ccccc2)cn1. The molecule has 1 heterocycles. The van der Waals surface area contributed by atoms with Gasteiger partial charge in [0.1, 0.15) is 0 Å². The molecular weight excluding hydrogens is 264 g/mol. The lowest BCUT2D eigenvalue weighted by Crippen LogP contribution is -2.21. The number of aromatic nitrogens is 2. The standard InChI is InChI=1S/C16H22N4O/c1-12(2)20-16-18-9-13(10-19-16)8-17-11-15(21)14-6-4-3-5-7-14/h3-7,9-10,12,15,17,21H,8,11H2,1-2H3,(H,18,19,20)/t15-/m0/s1. The van der Waals surface area contributed by atoms with Crippen LogP contribution in [-0.4, -0.2) is 27.7 Å². The Balaban J connectivity index is 1.78. The van der Waals surface area contributed by atoms with Gasteiger partial charge in [0.15, 0.2) is 0 Å². The maximum absolute atomic E-state index is 10.0. The summed E-state index contributed by atoms with van der Waals surface area (Å²) in [6, 6.07) is 9.94. The van der Waals surface area contributed by atoms with Crippen molar-refractivity contribution in [3.63, 3.8) is 0 Å². The number of benzene rings is 1. The van der Waals surface area contributed by atoms with Gasteiger partial charge in [-0.25, -0.2) is 9.97 Å². The Labute approximate surface area is 125 Å². The molecule has 5 nitrogen and oxygen atoms in total. The molecule has 0 radical (unpaired) electrons. The predicted molar refractivity (Wildman–Crippen MR) is 83.9 cm³/mol. The second-order valence-electron chi connectivity index (χ2n) is 5.27. The normalized spacial score (nSPS) is 12.4. The highest BCUT2D eigenvalue weighted by atomic mass is 16.3. The summed E-state index contributed by atoms with van der Waals surface area (Å²) < 4.78 is 0. The molecule has 0 bridgehead atoms. The quantitative estimate of drug-likeness (QED) is 0.727. The van der Waals surface area contributed by atoms with Crippen molar-refractivity contribution in [1.82, 2.24) is 15.3 Å². The molecule has 0 unspecified atom stereocenters. The Hall–Kier alpha value is -1.98. The molecule has 0 aliphatic heterocycles. The minimum atomic E-state index is -0.506. The van der Waals surface area contributed by atoms with Crippen molar-refractivity contribution in [2.24, 2.45) is 0 Å². The largest absolute Gasteiger partial charge is 0.387 e. The van der Waals surface area contributed by atoms with Crippen molar-refractivity contribution in [3.8, 4) is 0 Å². The molecule has 1 aromatic carbocycles. The lowest BCUT2D eigenvalue weighted by atomic mass is 10.1. The van der Waals surface area contributed by atoms with Gasteiger partial charge >= 0.3 is 0 Å². The number of aliphatic hydroxyl groups is 1. The highest BCUT2D eigenvalue weighted by Crippen LogP contribution is 2.10. The minimum absolute atomic E-state index is 0.315. The van der Waals surface area contributed by atoms with Crippen LogP contribution in [0, 0.1) is 0 Å². The van der Waals surface area contributed by atoms with Gasteiger partial charge in [-0.2, -0.15) is 0 Å². The fraction of sp³-hybridized carbons (Fsp3) is 0.375. The third kappa shape index (κ3) is 5.13. The summed E-state index contributed by atoms with van der Waals surface area (Å²) in [7, 11) is 0. The average Bonchev–Trinajstić information content (AvgIpc) is 2.49. The van der Waals surface area contributed by atoms with Gasteiger partial charge in [-0.15, -0.1) is 0 Å². The van der Waals surface area contributed by atoms with Crippen LogP contribution < -0.4 is 10.6 Å². The van der Waals surface area contributed by atoms with E-state index in [1.807, 2.05) is 44.2 Å². The lowest BCUT2D eigenvalue weighted by Gasteiger charge is -2.12. The molecule has 3 N–H and O–H groups in total. The van der Waals surface area contributed by atoms with Gasteiger partial charge < -0.3 is 15.7 Å². The number of anilines is 1. The first-order chi connectivity index (χ1) is 10.1. The van der Waals surface area contributed by atoms with Gasteiger partial charge in [0, 0.05) is 37.1 Å². The smallest absolute Gasteiger partial charge is 0.222 e. The third-order valence-corrected chi connectivity index (χ3v) is 2.97. The van der Waals surface area contributed by atoms with Gasteiger partial charge in [-0.1, -0.05) is 30.3 Å². The summed E-state index contributed by atoms with van der Waals surface area (Å²) in [6.07, 6.45) is 3.08. The fourth-order valence-corrected chi connectivity index (χ4v) is 1.93. The lowest BCUT2D eigenvalue weighted by molar-refractivity contribution is 0.174. The van der Waals surface area contributed by atoms with Crippen molar-refractivity contribution >= 4 is 5.95 Å². The van der Waals surface area contributed by atoms with Gasteiger partial charge in [-0.05, 0) is 19.4 Å². The maximum Gasteiger partial charge on any atom is 0.222 e. The minimum Gasteiger partial charge on any atom is -0.387 e. The predicted octanol–water partition coefficient (Wildman–Crippen LogP) is 2.12. The van der Waals surface area contributed by atoms with Gasteiger partial charge in [0.05, 0.1) is 6.10 Å². The van der Waals surface area contributed by atoms with Gasteiger partial charge in [0.25, 0.3) is 0 Å². The molecule has 1 atom stereocenters. The maximum atomic E-state index is 10.0. The first kappa shape index (κ1) is 15.4. The highest BCUT2D eigenvalue weighted by Gasteiger charge is 2.06. The molecule has 0 saturated carbocycles. The van der Waals surface area contributed by atoms with E-state index in [0.29, 0.717) is 25.1 Å². The van der Waals surface area contributed by atoms with Crippen molar-refractivity contribution in [2.45, 2.75) is 32.5 Å². The van der Waals surface area contributed by atoms with Gasteiger partial charge in [0.2, 0.25) is 5.95 Å². The van der Waals surface area contributed by atoms with E-state index in [1.165, 1.54) is 0 Å². The molecule has 1 aromatic heterocycles. The summed E-state index contributed by atoms with van der Waals surface area (Å²) in [5, 5.41) is 16.4. The van der Waals surface area contributed by atoms with Crippen molar-refractivity contribution in [1.29, 1.82) is 0 Å². The van der Waals surface area contributed by atoms with E-state index in [4.69, 9.17) is 0 Å². The van der Waals surface area contributed by atoms with Crippen LogP contribution in [0.25, 0.3) is 0 Å². The Morgan fingerprint density at radius 2 is 1.76 bits per heavy atom. The molecule has 5 heteroatoms. The summed E-state index contributed by atoms with van der Waals surface area (Å²) >= 11 is 0. The van der Waals surface area contributed by atoms with Crippen LogP contribution in [0.15, 0.2) is 42.7 Å². The van der Waals surface area contributed by atoms with Crippen LogP contribution >= 0.6 is 0 Å². The fourth-order valence-electron chi connectivity index (χ4n) is 1.93. The van der Waals surface area contributed by atoms with Crippen molar-refractivity contribution in [3.05, 3.63) is 53.9 Å². The van der Waals surface area contributed by atoms with Gasteiger partial charge in [-0.3, -0.25) is 0 Å². The molecule has 0 spiro atoms. The van der Waals surface area contributed by atoms with Crippen LogP contribution in [0.1, 0.15) is 31.1 Å². The summed E-state index contributed by atoms with van der Waals surface area (Å²) in [5.74, 6) is 0.637. The summed E-state index contributed by atoms with van der Waals surface area (Å²) in [6.45, 7) is 5.22. The van der Waals surface area contributed by atoms with E-state index in [0.717, 1.165) is 11.1 Å². The van der Waals surface area contributed by atoms with Crippen LogP contribution in [0.5, 0.6) is 0 Å². The van der Waals surface area contributed by atoms with E-state index >= 15 is 0 Å². The van der Waals surface area contributed by atoms with E-state index in [1.54, 1.807) is 12.4 Å².